The van der Waals surface area contributed by atoms with Crippen molar-refractivity contribution in [1.29, 1.82) is 0 Å². The van der Waals surface area contributed by atoms with Crippen molar-refractivity contribution < 1.29 is 13.2 Å². The number of ether oxygens (including phenoxy) is 1. The van der Waals surface area contributed by atoms with Crippen molar-refractivity contribution in [3.05, 3.63) is 50.0 Å². The molecule has 3 aromatic rings. The minimum atomic E-state index is -4.02. The topological polar surface area (TPSA) is 87.0 Å². The van der Waals surface area contributed by atoms with E-state index in [1.54, 1.807) is 19.2 Å². The fourth-order valence-electron chi connectivity index (χ4n) is 2.37. The number of rotatable bonds is 5. The van der Waals surface area contributed by atoms with E-state index in [1.165, 1.54) is 4.68 Å². The molecule has 0 aliphatic rings. The van der Waals surface area contributed by atoms with Crippen LogP contribution in [0.4, 0.5) is 0 Å². The number of tetrazole rings is 1. The molecule has 136 valence electrons. The lowest BCUT2D eigenvalue weighted by atomic mass is 10.2. The van der Waals surface area contributed by atoms with Crippen LogP contribution in [0.1, 0.15) is 5.56 Å². The third-order valence-electron chi connectivity index (χ3n) is 3.55. The quantitative estimate of drug-likeness (QED) is 0.344. The first-order valence-electron chi connectivity index (χ1n) is 7.13. The first-order valence-corrected chi connectivity index (χ1v) is 11.3. The van der Waals surface area contributed by atoms with Gasteiger partial charge in [0.2, 0.25) is 0 Å². The van der Waals surface area contributed by atoms with E-state index in [2.05, 4.69) is 31.5 Å². The Hall–Kier alpha value is -1.24. The molecule has 0 aliphatic heterocycles. The highest BCUT2D eigenvalue weighted by Crippen LogP contribution is 2.37. The Morgan fingerprint density at radius 1 is 1.23 bits per heavy atom. The molecule has 0 saturated carbocycles. The smallest absolute Gasteiger partial charge is 0.263 e. The van der Waals surface area contributed by atoms with Gasteiger partial charge in [0.1, 0.15) is 10.6 Å². The molecule has 0 unspecified atom stereocenters. The van der Waals surface area contributed by atoms with E-state index in [-0.39, 0.29) is 4.90 Å². The number of methoxy groups -OCH3 is 1. The predicted molar refractivity (Wildman–Crippen MR) is 109 cm³/mol. The Balaban J connectivity index is 2.10. The molecule has 1 aromatic heterocycles. The summed E-state index contributed by atoms with van der Waals surface area (Å²) in [5.74, 6) is 1.05. The molecular weight excluding hydrogens is 559 g/mol. The lowest BCUT2D eigenvalue weighted by molar-refractivity contribution is 0.414. The molecule has 3 rings (SSSR count). The lowest BCUT2D eigenvalue weighted by Crippen LogP contribution is -2.08. The third-order valence-corrected chi connectivity index (χ3v) is 6.75. The van der Waals surface area contributed by atoms with Gasteiger partial charge in [0.25, 0.3) is 9.05 Å². The van der Waals surface area contributed by atoms with Crippen LogP contribution in [0.25, 0.3) is 11.4 Å². The normalized spacial score (nSPS) is 11.5. The maximum atomic E-state index is 12.1. The van der Waals surface area contributed by atoms with Crippen molar-refractivity contribution in [3.63, 3.8) is 0 Å². The molecule has 0 spiro atoms. The summed E-state index contributed by atoms with van der Waals surface area (Å²) in [6, 6.07) is 10.8. The zero-order valence-electron chi connectivity index (χ0n) is 13.2. The Morgan fingerprint density at radius 2 is 1.92 bits per heavy atom. The summed E-state index contributed by atoms with van der Waals surface area (Å²) in [5, 5.41) is 11.7. The van der Waals surface area contributed by atoms with Crippen molar-refractivity contribution >= 4 is 58.3 Å². The van der Waals surface area contributed by atoms with Gasteiger partial charge in [-0.15, -0.1) is 5.10 Å². The lowest BCUT2D eigenvalue weighted by Gasteiger charge is -2.12. The van der Waals surface area contributed by atoms with Gasteiger partial charge in [-0.2, -0.15) is 0 Å². The summed E-state index contributed by atoms with van der Waals surface area (Å²) in [7, 11) is 3.23. The van der Waals surface area contributed by atoms with E-state index in [4.69, 9.17) is 15.4 Å². The highest BCUT2D eigenvalue weighted by molar-refractivity contribution is 14.1. The second-order valence-corrected chi connectivity index (χ2v) is 9.70. The van der Waals surface area contributed by atoms with Gasteiger partial charge in [0.05, 0.1) is 19.2 Å². The van der Waals surface area contributed by atoms with Gasteiger partial charge in [0.15, 0.2) is 5.82 Å². The highest BCUT2D eigenvalue weighted by Gasteiger charge is 2.26. The summed E-state index contributed by atoms with van der Waals surface area (Å²) in [4.78, 5) is -0.0585. The zero-order valence-corrected chi connectivity index (χ0v) is 18.5. The van der Waals surface area contributed by atoms with E-state index in [0.29, 0.717) is 26.0 Å². The van der Waals surface area contributed by atoms with Crippen LogP contribution in [0.5, 0.6) is 5.75 Å². The second-order valence-electron chi connectivity index (χ2n) is 5.18. The maximum Gasteiger partial charge on any atom is 0.263 e. The fourth-order valence-corrected chi connectivity index (χ4v) is 5.72. The van der Waals surface area contributed by atoms with Crippen LogP contribution < -0.4 is 4.74 Å². The number of hydrogen-bond acceptors (Lipinski definition) is 6. The van der Waals surface area contributed by atoms with Gasteiger partial charge in [-0.1, -0.05) is 12.1 Å². The van der Waals surface area contributed by atoms with Gasteiger partial charge in [-0.05, 0) is 78.8 Å². The Kier molecular flexibility index (Phi) is 5.85. The van der Waals surface area contributed by atoms with Gasteiger partial charge in [-0.25, -0.2) is 13.1 Å². The van der Waals surface area contributed by atoms with Crippen molar-refractivity contribution in [3.8, 4) is 17.1 Å². The minimum Gasteiger partial charge on any atom is -0.497 e. The van der Waals surface area contributed by atoms with Crippen LogP contribution in [-0.2, 0) is 15.6 Å². The Morgan fingerprint density at radius 3 is 2.54 bits per heavy atom. The number of hydrogen-bond donors (Lipinski definition) is 0. The van der Waals surface area contributed by atoms with E-state index in [0.717, 1.165) is 11.3 Å². The van der Waals surface area contributed by atoms with Gasteiger partial charge in [-0.3, -0.25) is 0 Å². The minimum absolute atomic E-state index is 0.0585. The summed E-state index contributed by atoms with van der Waals surface area (Å²) < 4.78 is 31.9. The van der Waals surface area contributed by atoms with Crippen LogP contribution in [0, 0.1) is 3.57 Å². The number of halogens is 3. The largest absolute Gasteiger partial charge is 0.497 e. The molecule has 0 bridgehead atoms. The standard InChI is InChI=1S/C15H11BrClIN4O3S/c1-25-10-4-2-9(3-5-10)8-22-15(19-20-21-22)13-12(18)7-6-11(16)14(13)26(17,23)24/h2-7H,8H2,1H3. The molecule has 0 fully saturated rings. The van der Waals surface area contributed by atoms with Crippen molar-refractivity contribution in [2.75, 3.05) is 7.11 Å². The van der Waals surface area contributed by atoms with E-state index < -0.39 is 9.05 Å². The Bertz CT molecular complexity index is 1060. The molecule has 0 radical (unpaired) electrons. The van der Waals surface area contributed by atoms with E-state index in [1.807, 2.05) is 46.9 Å². The van der Waals surface area contributed by atoms with Crippen LogP contribution in [0.3, 0.4) is 0 Å². The van der Waals surface area contributed by atoms with Crippen molar-refractivity contribution in [2.45, 2.75) is 11.4 Å². The fraction of sp³-hybridized carbons (Fsp3) is 0.133. The summed E-state index contributed by atoms with van der Waals surface area (Å²) in [5.41, 5.74) is 1.29. The van der Waals surface area contributed by atoms with Gasteiger partial charge in [0, 0.05) is 18.7 Å². The number of nitrogens with zero attached hydrogens (tertiary/aromatic N) is 4. The molecule has 1 heterocycles. The van der Waals surface area contributed by atoms with Crippen LogP contribution in [0.2, 0.25) is 0 Å². The molecule has 0 atom stereocenters. The van der Waals surface area contributed by atoms with E-state index in [9.17, 15) is 8.42 Å². The molecule has 0 amide bonds. The highest BCUT2D eigenvalue weighted by atomic mass is 127. The zero-order chi connectivity index (χ0) is 18.9. The molecular formula is C15H11BrClIN4O3S. The molecule has 26 heavy (non-hydrogen) atoms. The van der Waals surface area contributed by atoms with Crippen molar-refractivity contribution in [2.24, 2.45) is 0 Å². The average Bonchev–Trinajstić information content (AvgIpc) is 3.04. The number of aromatic nitrogens is 4. The Labute approximate surface area is 176 Å². The first kappa shape index (κ1) is 19.5. The van der Waals surface area contributed by atoms with E-state index >= 15 is 0 Å². The summed E-state index contributed by atoms with van der Waals surface area (Å²) >= 11 is 5.28. The molecule has 0 saturated heterocycles. The maximum absolute atomic E-state index is 12.1. The summed E-state index contributed by atoms with van der Waals surface area (Å²) in [6.07, 6.45) is 0. The molecule has 7 nitrogen and oxygen atoms in total. The molecule has 0 N–H and O–H groups in total. The first-order chi connectivity index (χ1) is 12.3. The molecule has 11 heteroatoms. The monoisotopic (exact) mass is 568 g/mol. The molecule has 2 aromatic carbocycles. The van der Waals surface area contributed by atoms with Crippen molar-refractivity contribution in [1.82, 2.24) is 20.2 Å². The summed E-state index contributed by atoms with van der Waals surface area (Å²) in [6.45, 7) is 0.358. The molecule has 0 aliphatic carbocycles. The predicted octanol–water partition coefficient (Wildman–Crippen LogP) is 3.69. The number of benzene rings is 2. The average molecular weight is 570 g/mol. The van der Waals surface area contributed by atoms with Gasteiger partial charge >= 0.3 is 0 Å². The van der Waals surface area contributed by atoms with Crippen LogP contribution in [-0.4, -0.2) is 35.7 Å². The second kappa shape index (κ2) is 7.79. The van der Waals surface area contributed by atoms with Crippen LogP contribution >= 0.6 is 49.2 Å². The third kappa shape index (κ3) is 4.02. The SMILES string of the molecule is COc1ccc(Cn2nnnc2-c2c(I)ccc(Br)c2S(=O)(=O)Cl)cc1. The van der Waals surface area contributed by atoms with Gasteiger partial charge < -0.3 is 4.74 Å². The van der Waals surface area contributed by atoms with Crippen LogP contribution in [0.15, 0.2) is 45.8 Å².